The van der Waals surface area contributed by atoms with Crippen molar-refractivity contribution in [1.29, 1.82) is 0 Å². The third-order valence-electron chi connectivity index (χ3n) is 12.8. The predicted octanol–water partition coefficient (Wildman–Crippen LogP) is 12.7. The van der Waals surface area contributed by atoms with Crippen LogP contribution < -0.4 is 0 Å². The Kier molecular flexibility index (Phi) is 7.35. The van der Waals surface area contributed by atoms with Crippen molar-refractivity contribution in [3.8, 4) is 51.0 Å². The minimum atomic E-state index is 0.419. The van der Waals surface area contributed by atoms with Crippen LogP contribution in [0.1, 0.15) is 44.1 Å². The van der Waals surface area contributed by atoms with Crippen molar-refractivity contribution in [3.63, 3.8) is 0 Å². The van der Waals surface area contributed by atoms with Crippen LogP contribution in [0.2, 0.25) is 0 Å². The molecule has 5 nitrogen and oxygen atoms in total. The number of nitrogens with zero attached hydrogens (tertiary/aromatic N) is 5. The summed E-state index contributed by atoms with van der Waals surface area (Å²) in [7, 11) is 0. The van der Waals surface area contributed by atoms with Gasteiger partial charge in [0.1, 0.15) is 0 Å². The van der Waals surface area contributed by atoms with E-state index in [1.165, 1.54) is 71.5 Å². The molecule has 4 fully saturated rings. The minimum absolute atomic E-state index is 0.419. The predicted molar refractivity (Wildman–Crippen MR) is 222 cm³/mol. The molecule has 4 saturated carbocycles. The van der Waals surface area contributed by atoms with E-state index in [0.29, 0.717) is 28.6 Å². The standard InChI is InChI=1S/C50H39N5/c1-51-41-20-13-37(14-21-41)48-52-47(36-7-3-2-4-8-36)53-49(54-48)38-15-22-42(23-16-38)55-45-10-6-5-9-43(45)44-28-39(17-24-46(44)55)35-11-18-40(19-12-35)50-29-32-25-33(30-50)27-34(26-32)31-50/h2-24,28,32-34H,25-27,29-31H2. The van der Waals surface area contributed by atoms with E-state index < -0.39 is 0 Å². The van der Waals surface area contributed by atoms with Crippen molar-refractivity contribution in [2.75, 3.05) is 0 Å². The van der Waals surface area contributed by atoms with Gasteiger partial charge in [0.15, 0.2) is 23.2 Å². The van der Waals surface area contributed by atoms with Crippen LogP contribution in [0.4, 0.5) is 5.69 Å². The molecule has 5 heteroatoms. The van der Waals surface area contributed by atoms with Crippen LogP contribution in [0.25, 0.3) is 77.6 Å². The first kappa shape index (κ1) is 32.1. The summed E-state index contributed by atoms with van der Waals surface area (Å²) in [6, 6.07) is 51.3. The number of hydrogen-bond acceptors (Lipinski definition) is 3. The van der Waals surface area contributed by atoms with Crippen LogP contribution in [0.5, 0.6) is 0 Å². The lowest BCUT2D eigenvalue weighted by Crippen LogP contribution is -2.48. The lowest BCUT2D eigenvalue weighted by molar-refractivity contribution is -0.00518. The maximum Gasteiger partial charge on any atom is 0.187 e. The summed E-state index contributed by atoms with van der Waals surface area (Å²) in [4.78, 5) is 18.3. The monoisotopic (exact) mass is 709 g/mol. The van der Waals surface area contributed by atoms with Gasteiger partial charge in [-0.1, -0.05) is 103 Å². The zero-order valence-electron chi connectivity index (χ0n) is 30.6. The molecule has 0 atom stereocenters. The van der Waals surface area contributed by atoms with E-state index in [1.54, 1.807) is 17.7 Å². The number of rotatable bonds is 6. The van der Waals surface area contributed by atoms with Crippen LogP contribution in [0.15, 0.2) is 146 Å². The minimum Gasteiger partial charge on any atom is -0.309 e. The fraction of sp³-hybridized carbons (Fsp3) is 0.200. The van der Waals surface area contributed by atoms with Gasteiger partial charge in [-0.3, -0.25) is 0 Å². The summed E-state index contributed by atoms with van der Waals surface area (Å²) >= 11 is 0. The van der Waals surface area contributed by atoms with Gasteiger partial charge >= 0.3 is 0 Å². The average Bonchev–Trinajstić information content (AvgIpc) is 3.57. The molecule has 2 heterocycles. The second-order valence-electron chi connectivity index (χ2n) is 16.2. The maximum absolute atomic E-state index is 7.36. The fourth-order valence-corrected chi connectivity index (χ4v) is 10.7. The molecule has 0 N–H and O–H groups in total. The van der Waals surface area contributed by atoms with E-state index >= 15 is 0 Å². The molecule has 12 rings (SSSR count). The summed E-state index contributed by atoms with van der Waals surface area (Å²) in [5, 5.41) is 2.49. The van der Waals surface area contributed by atoms with Crippen molar-refractivity contribution < 1.29 is 0 Å². The highest BCUT2D eigenvalue weighted by atomic mass is 15.0. The van der Waals surface area contributed by atoms with Gasteiger partial charge < -0.3 is 4.57 Å². The molecule has 0 saturated heterocycles. The summed E-state index contributed by atoms with van der Waals surface area (Å²) in [6.45, 7) is 7.36. The van der Waals surface area contributed by atoms with Gasteiger partial charge in [-0.25, -0.2) is 19.8 Å². The molecule has 6 aromatic carbocycles. The van der Waals surface area contributed by atoms with Gasteiger partial charge in [-0.05, 0) is 121 Å². The Labute approximate surface area is 321 Å². The zero-order valence-corrected chi connectivity index (χ0v) is 30.6. The highest BCUT2D eigenvalue weighted by Crippen LogP contribution is 2.60. The largest absolute Gasteiger partial charge is 0.309 e. The molecule has 264 valence electrons. The van der Waals surface area contributed by atoms with Crippen LogP contribution >= 0.6 is 0 Å². The molecule has 2 aromatic heterocycles. The second kappa shape index (κ2) is 12.6. The first-order chi connectivity index (χ1) is 27.1. The molecule has 0 aliphatic heterocycles. The van der Waals surface area contributed by atoms with E-state index in [-0.39, 0.29) is 0 Å². The Hall–Kier alpha value is -6.38. The van der Waals surface area contributed by atoms with E-state index in [4.69, 9.17) is 21.5 Å². The van der Waals surface area contributed by atoms with E-state index in [0.717, 1.165) is 40.1 Å². The van der Waals surface area contributed by atoms with E-state index in [1.807, 2.05) is 42.5 Å². The Bertz CT molecular complexity index is 2740. The van der Waals surface area contributed by atoms with Gasteiger partial charge in [0.05, 0.1) is 17.6 Å². The van der Waals surface area contributed by atoms with Crippen LogP contribution in [-0.2, 0) is 5.41 Å². The van der Waals surface area contributed by atoms with Gasteiger partial charge in [0, 0.05) is 33.2 Å². The van der Waals surface area contributed by atoms with Gasteiger partial charge in [0.2, 0.25) is 0 Å². The molecule has 4 aliphatic rings. The molecule has 0 unspecified atom stereocenters. The lowest BCUT2D eigenvalue weighted by atomic mass is 9.48. The second-order valence-corrected chi connectivity index (χ2v) is 16.2. The first-order valence-corrected chi connectivity index (χ1v) is 19.6. The molecule has 4 bridgehead atoms. The summed E-state index contributed by atoms with van der Waals surface area (Å²) in [5.74, 6) is 4.64. The van der Waals surface area contributed by atoms with Crippen LogP contribution in [0, 0.1) is 24.3 Å². The van der Waals surface area contributed by atoms with Crippen molar-refractivity contribution in [2.24, 2.45) is 17.8 Å². The van der Waals surface area contributed by atoms with E-state index in [2.05, 4.69) is 100 Å². The maximum atomic E-state index is 7.36. The number of aromatic nitrogens is 4. The molecule has 0 amide bonds. The van der Waals surface area contributed by atoms with Gasteiger partial charge in [-0.15, -0.1) is 0 Å². The van der Waals surface area contributed by atoms with Gasteiger partial charge in [-0.2, -0.15) is 0 Å². The normalized spacial score (nSPS) is 21.3. The molecule has 4 aliphatic carbocycles. The number of benzene rings is 6. The SMILES string of the molecule is [C-]#[N+]c1ccc(-c2nc(-c3ccccc3)nc(-c3ccc(-n4c5ccccc5c5cc(-c6ccc(C78CC9CC(CC(C9)C7)C8)cc6)ccc54)cc3)n2)cc1. The quantitative estimate of drug-likeness (QED) is 0.162. The average molecular weight is 710 g/mol. The molecular weight excluding hydrogens is 671 g/mol. The van der Waals surface area contributed by atoms with Crippen molar-refractivity contribution in [3.05, 3.63) is 163 Å². The van der Waals surface area contributed by atoms with Crippen molar-refractivity contribution in [1.82, 2.24) is 19.5 Å². The number of para-hydroxylation sites is 1. The molecule has 8 aromatic rings. The van der Waals surface area contributed by atoms with E-state index in [9.17, 15) is 0 Å². The Morgan fingerprint density at radius 3 is 1.62 bits per heavy atom. The highest BCUT2D eigenvalue weighted by molar-refractivity contribution is 6.10. The van der Waals surface area contributed by atoms with Crippen LogP contribution in [-0.4, -0.2) is 19.5 Å². The van der Waals surface area contributed by atoms with Gasteiger partial charge in [0.25, 0.3) is 0 Å². The summed E-state index contributed by atoms with van der Waals surface area (Å²) in [5.41, 5.74) is 11.2. The summed E-state index contributed by atoms with van der Waals surface area (Å²) in [6.07, 6.45) is 8.63. The molecule has 55 heavy (non-hydrogen) atoms. The van der Waals surface area contributed by atoms with Crippen molar-refractivity contribution in [2.45, 2.75) is 43.9 Å². The Morgan fingerprint density at radius 1 is 0.491 bits per heavy atom. The van der Waals surface area contributed by atoms with Crippen molar-refractivity contribution >= 4 is 27.5 Å². The number of hydrogen-bond donors (Lipinski definition) is 0. The van der Waals surface area contributed by atoms with Crippen LogP contribution in [0.3, 0.4) is 0 Å². The lowest BCUT2D eigenvalue weighted by Gasteiger charge is -2.57. The molecular formula is C50H39N5. The topological polar surface area (TPSA) is 48.0 Å². The zero-order chi connectivity index (χ0) is 36.5. The third kappa shape index (κ3) is 5.47. The molecule has 0 spiro atoms. The highest BCUT2D eigenvalue weighted by Gasteiger charge is 2.51. The third-order valence-corrected chi connectivity index (χ3v) is 12.8. The molecule has 0 radical (unpaired) electrons. The Balaban J connectivity index is 0.947. The first-order valence-electron chi connectivity index (χ1n) is 19.6. The summed E-state index contributed by atoms with van der Waals surface area (Å²) < 4.78 is 2.36. The number of fused-ring (bicyclic) bond motifs is 3. The fourth-order valence-electron chi connectivity index (χ4n) is 10.7. The smallest absolute Gasteiger partial charge is 0.187 e. The Morgan fingerprint density at radius 2 is 1.00 bits per heavy atom.